The highest BCUT2D eigenvalue weighted by atomic mass is 32.1. The van der Waals surface area contributed by atoms with Crippen molar-refractivity contribution in [2.45, 2.75) is 63.8 Å². The lowest BCUT2D eigenvalue weighted by molar-refractivity contribution is -0.142. The van der Waals surface area contributed by atoms with Crippen molar-refractivity contribution in [3.63, 3.8) is 0 Å². The van der Waals surface area contributed by atoms with Gasteiger partial charge in [-0.25, -0.2) is 19.9 Å². The number of hydrogen-bond donors (Lipinski definition) is 5. The zero-order valence-electron chi connectivity index (χ0n) is 33.9. The molecule has 11 rings (SSSR count). The Bertz CT molecular complexity index is 2830. The van der Waals surface area contributed by atoms with Gasteiger partial charge >= 0.3 is 5.97 Å². The molecule has 318 valence electrons. The Kier molecular flexibility index (Phi) is 10.5. The molecule has 1 saturated heterocycles. The fourth-order valence-electron chi connectivity index (χ4n) is 9.10. The van der Waals surface area contributed by atoms with Crippen LogP contribution in [0.3, 0.4) is 0 Å². The van der Waals surface area contributed by atoms with E-state index in [-0.39, 0.29) is 30.8 Å². The number of aliphatic hydroxyl groups excluding tert-OH is 2. The monoisotopic (exact) mass is 873 g/mol. The fourth-order valence-corrected chi connectivity index (χ4v) is 11.6. The van der Waals surface area contributed by atoms with E-state index in [0.29, 0.717) is 38.8 Å². The third kappa shape index (κ3) is 7.29. The van der Waals surface area contributed by atoms with Crippen molar-refractivity contribution in [1.82, 2.24) is 24.8 Å². The average Bonchev–Trinajstić information content (AvgIpc) is 4.13. The largest absolute Gasteiger partial charge is 0.495 e. The van der Waals surface area contributed by atoms with Gasteiger partial charge in [0.2, 0.25) is 5.91 Å². The number of carboxylic acids is 1. The fraction of sp³-hybridized carbons (Fsp3) is 0.364. The van der Waals surface area contributed by atoms with E-state index in [1.54, 1.807) is 54.4 Å². The number of fused-ring (bicyclic) bond motifs is 8. The highest BCUT2D eigenvalue weighted by Gasteiger charge is 2.38. The minimum absolute atomic E-state index is 0.00711. The van der Waals surface area contributed by atoms with Crippen LogP contribution in [0.5, 0.6) is 11.5 Å². The molecule has 4 atom stereocenters. The van der Waals surface area contributed by atoms with E-state index < -0.39 is 18.2 Å². The molecule has 1 fully saturated rings. The summed E-state index contributed by atoms with van der Waals surface area (Å²) in [4.78, 5) is 56.7. The molecule has 0 spiro atoms. The standard InChI is InChI=1S/C24H25N5O4S.C20H18N4O3S/c1-33-19-5-14-8-25-7-13(14)4-16(19)28-22-21-15-3-2-12(6-20(15)34-23(21)27-11-26-22)24(32)29-9-17(30)18(31)10-29;1-27-15-5-12-8-21-7-11(12)4-14(15)24-18-17-13-3-2-10(20(25)26)6-16(13)28-19(17)23-9-22-18/h4-5,7,11-12,17-18,30-31H,2-3,6,8-10H2,1H3,(H,26,27,28);4-5,7,9-10H,2-3,6,8H2,1H3,(H,25,26)(H,22,23,24)/t12?,17-,18-;/m1./s1. The molecule has 16 nitrogen and oxygen atoms in total. The molecule has 1 amide bonds. The zero-order chi connectivity index (χ0) is 42.6. The van der Waals surface area contributed by atoms with Crippen molar-refractivity contribution in [1.29, 1.82) is 0 Å². The predicted molar refractivity (Wildman–Crippen MR) is 237 cm³/mol. The van der Waals surface area contributed by atoms with E-state index in [9.17, 15) is 24.9 Å². The van der Waals surface area contributed by atoms with Gasteiger partial charge in [0, 0.05) is 41.2 Å². The molecule has 0 radical (unpaired) electrons. The number of aromatic nitrogens is 4. The topological polar surface area (TPSA) is 217 Å². The number of methoxy groups -OCH3 is 2. The highest BCUT2D eigenvalue weighted by molar-refractivity contribution is 7.19. The zero-order valence-corrected chi connectivity index (χ0v) is 35.6. The first-order chi connectivity index (χ1) is 30.1. The van der Waals surface area contributed by atoms with Crippen LogP contribution >= 0.6 is 22.7 Å². The molecule has 18 heteroatoms. The number of nitrogens with zero attached hydrogens (tertiary/aromatic N) is 7. The first kappa shape index (κ1) is 40.0. The average molecular weight is 874 g/mol. The molecule has 4 aromatic heterocycles. The summed E-state index contributed by atoms with van der Waals surface area (Å²) in [5.74, 6) is 1.74. The SMILES string of the molecule is COc1cc2c(cc1Nc1ncnc3sc4c(c13)CCC(C(=O)N1C[C@@H](O)[C@H](O)C1)C4)C=NC2.COc1cc2c(cc1Nc1ncnc3sc4c(c13)CCC(C(=O)O)C4)C=NC2. The number of benzene rings is 2. The summed E-state index contributed by atoms with van der Waals surface area (Å²) in [5, 5.41) is 37.9. The van der Waals surface area contributed by atoms with Gasteiger partial charge in [0.15, 0.2) is 0 Å². The lowest BCUT2D eigenvalue weighted by Gasteiger charge is -2.26. The van der Waals surface area contributed by atoms with Gasteiger partial charge in [-0.2, -0.15) is 0 Å². The maximum absolute atomic E-state index is 13.0. The minimum atomic E-state index is -0.862. The Labute approximate surface area is 363 Å². The van der Waals surface area contributed by atoms with Gasteiger partial charge < -0.3 is 40.3 Å². The molecule has 2 unspecified atom stereocenters. The van der Waals surface area contributed by atoms with Gasteiger partial charge in [0.05, 0.1) is 67.6 Å². The van der Waals surface area contributed by atoms with Gasteiger partial charge in [-0.05, 0) is 96.2 Å². The second-order valence-electron chi connectivity index (χ2n) is 16.1. The van der Waals surface area contributed by atoms with Crippen LogP contribution in [0.1, 0.15) is 56.0 Å². The van der Waals surface area contributed by atoms with Crippen molar-refractivity contribution >= 4 is 90.4 Å². The Morgan fingerprint density at radius 3 is 1.68 bits per heavy atom. The maximum atomic E-state index is 13.0. The number of ether oxygens (including phenoxy) is 2. The van der Waals surface area contributed by atoms with Crippen LogP contribution in [0, 0.1) is 11.8 Å². The molecule has 0 saturated carbocycles. The van der Waals surface area contributed by atoms with Crippen molar-refractivity contribution in [2.24, 2.45) is 21.8 Å². The summed E-state index contributed by atoms with van der Waals surface area (Å²) in [5.41, 5.74) is 8.43. The van der Waals surface area contributed by atoms with Crippen molar-refractivity contribution in [3.05, 3.63) is 80.1 Å². The summed E-state index contributed by atoms with van der Waals surface area (Å²) in [6.07, 6.45) is 9.15. The quantitative estimate of drug-likeness (QED) is 0.126. The van der Waals surface area contributed by atoms with Gasteiger partial charge in [-0.3, -0.25) is 19.6 Å². The van der Waals surface area contributed by atoms with Gasteiger partial charge in [-0.15, -0.1) is 22.7 Å². The van der Waals surface area contributed by atoms with Crippen LogP contribution in [0.2, 0.25) is 0 Å². The molecular weight excluding hydrogens is 831 g/mol. The van der Waals surface area contributed by atoms with Gasteiger partial charge in [0.1, 0.15) is 45.5 Å². The van der Waals surface area contributed by atoms with Gasteiger partial charge in [-0.1, -0.05) is 0 Å². The molecule has 62 heavy (non-hydrogen) atoms. The summed E-state index contributed by atoms with van der Waals surface area (Å²) >= 11 is 3.18. The maximum Gasteiger partial charge on any atom is 0.306 e. The molecule has 5 aliphatic rings. The number of nitrogens with one attached hydrogen (secondary N) is 2. The van der Waals surface area contributed by atoms with Gasteiger partial charge in [0.25, 0.3) is 0 Å². The normalized spacial score (nSPS) is 20.6. The first-order valence-electron chi connectivity index (χ1n) is 20.5. The number of carboxylic acid groups (broad SMARTS) is 1. The van der Waals surface area contributed by atoms with Crippen LogP contribution in [0.25, 0.3) is 20.4 Å². The Hall–Kier alpha value is -6.08. The summed E-state index contributed by atoms with van der Waals surface area (Å²) < 4.78 is 11.2. The minimum Gasteiger partial charge on any atom is -0.495 e. The van der Waals surface area contributed by atoms with E-state index in [1.807, 2.05) is 36.7 Å². The number of β-amino-alcohol motifs (C(OH)–C–C–N with tert-alkyl or cyclic N) is 2. The van der Waals surface area contributed by atoms with Crippen LogP contribution in [0.15, 0.2) is 46.9 Å². The predicted octanol–water partition coefficient (Wildman–Crippen LogP) is 5.61. The van der Waals surface area contributed by atoms with Crippen LogP contribution in [-0.4, -0.2) is 104 Å². The number of rotatable bonds is 8. The molecule has 5 N–H and O–H groups in total. The van der Waals surface area contributed by atoms with E-state index >= 15 is 0 Å². The van der Waals surface area contributed by atoms with E-state index in [0.717, 1.165) is 99.8 Å². The van der Waals surface area contributed by atoms with Crippen LogP contribution < -0.4 is 20.1 Å². The van der Waals surface area contributed by atoms with Crippen LogP contribution in [-0.2, 0) is 48.4 Å². The Balaban J connectivity index is 0.000000151. The van der Waals surface area contributed by atoms with Crippen molar-refractivity contribution in [3.8, 4) is 11.5 Å². The number of carbonyl (C=O) groups is 2. The summed E-state index contributed by atoms with van der Waals surface area (Å²) in [7, 11) is 3.30. The molecule has 0 bridgehead atoms. The number of hydrogen-bond acceptors (Lipinski definition) is 16. The van der Waals surface area contributed by atoms with Crippen LogP contribution in [0.4, 0.5) is 23.0 Å². The molecule has 7 heterocycles. The third-order valence-corrected chi connectivity index (χ3v) is 14.7. The lowest BCUT2D eigenvalue weighted by Crippen LogP contribution is -2.37. The van der Waals surface area contributed by atoms with Crippen molar-refractivity contribution in [2.75, 3.05) is 37.9 Å². The number of amides is 1. The molecular formula is C44H43N9O7S2. The highest BCUT2D eigenvalue weighted by Crippen LogP contribution is 2.44. The summed E-state index contributed by atoms with van der Waals surface area (Å²) in [6.45, 7) is 1.73. The number of aryl methyl sites for hydroxylation is 2. The van der Waals surface area contributed by atoms with Crippen molar-refractivity contribution < 1.29 is 34.4 Å². The number of aliphatic carboxylic acids is 1. The number of likely N-dealkylation sites (tertiary alicyclic amines) is 1. The molecule has 2 aliphatic carbocycles. The van der Waals surface area contributed by atoms with E-state index in [4.69, 9.17) is 9.47 Å². The Morgan fingerprint density at radius 2 is 1.19 bits per heavy atom. The third-order valence-electron chi connectivity index (χ3n) is 12.4. The lowest BCUT2D eigenvalue weighted by atomic mass is 9.87. The number of anilines is 4. The molecule has 2 aromatic carbocycles. The smallest absolute Gasteiger partial charge is 0.306 e. The second-order valence-corrected chi connectivity index (χ2v) is 18.3. The number of aliphatic hydroxyl groups is 2. The number of carbonyl (C=O) groups excluding carboxylic acids is 1. The first-order valence-corrected chi connectivity index (χ1v) is 22.1. The molecule has 3 aliphatic heterocycles. The number of thiophene rings is 2. The second kappa shape index (κ2) is 16.3. The van der Waals surface area contributed by atoms with E-state index in [2.05, 4.69) is 40.6 Å². The Morgan fingerprint density at radius 1 is 0.710 bits per heavy atom. The number of aliphatic imine (C=N–C) groups is 2. The summed E-state index contributed by atoms with van der Waals surface area (Å²) in [6, 6.07) is 8.07. The molecule has 6 aromatic rings. The van der Waals surface area contributed by atoms with E-state index in [1.165, 1.54) is 11.1 Å².